The maximum atomic E-state index is 9.84. The van der Waals surface area contributed by atoms with E-state index in [9.17, 15) is 15.3 Å². The quantitative estimate of drug-likeness (QED) is 0.0345. The number of unbranched alkanes of at least 4 members (excludes halogenated alkanes) is 36. The van der Waals surface area contributed by atoms with E-state index in [1.165, 1.54) is 212 Å². The predicted molar refractivity (Wildman–Crippen MR) is 323 cm³/mol. The summed E-state index contributed by atoms with van der Waals surface area (Å²) in [5.74, 6) is 5.48. The Kier molecular flexibility index (Phi) is 778. The monoisotopic (exact) mass is 3320 g/mol. The number of hydrogen-bond acceptors (Lipinski definition) is 6. The van der Waals surface area contributed by atoms with Gasteiger partial charge < -0.3 is 111 Å². The predicted octanol–water partition coefficient (Wildman–Crippen LogP) is -60.1. The normalized spacial score (nSPS) is 6.94. The maximum Gasteiger partial charge on any atom is 1.00 e. The van der Waals surface area contributed by atoms with Crippen molar-refractivity contribution in [1.82, 2.24) is 0 Å². The van der Waals surface area contributed by atoms with Crippen LogP contribution in [-0.4, -0.2) is 0 Å². The summed E-state index contributed by atoms with van der Waals surface area (Å²) < 4.78 is 0. The van der Waals surface area contributed by atoms with Gasteiger partial charge >= 0.3 is 1570 Å². The molecule has 0 rings (SSSR count). The molecule has 3 nitrogen and oxygen atoms in total. The average molecular weight is 3340 g/mol. The van der Waals surface area contributed by atoms with Crippen LogP contribution in [0.5, 0.6) is 0 Å². The Balaban J connectivity index is -0.0000000120. The Labute approximate surface area is 1950 Å². The van der Waals surface area contributed by atoms with Crippen molar-refractivity contribution in [1.29, 1.82) is 0 Å². The second-order valence-corrected chi connectivity index (χ2v) is 18.8. The van der Waals surface area contributed by atoms with E-state index in [0.29, 0.717) is 0 Å². The van der Waals surface area contributed by atoms with Gasteiger partial charge in [-0.2, -0.15) is 19.3 Å². The minimum Gasteiger partial charge on any atom is -1.03 e. The molecular weight excluding hydrogens is 3210 g/mol. The standard InChI is InChI=1S/C8H16O.C8H16S.C8H17.C7H14O.C7H14S.C7H15.C6H12O.C6H12S.C6H13.27Rb/c2*1-2-3-4-5-6-7-8-9;1-3-5-7-8-6-4-2;2*1-2-3-4-5-6-7-8;1-3-5-7-6-4-2;2*1-2-3-4-5-6-7;1-3-5-6-4-2;;;;;;;;;;;;;;;;;;;;;;;;;;;/h2*8H,2-7H2,1H3;1,3-8H2,2H3;2*7H,2-6H2,1H3;1,3-7H2,2H3;2*6H,2-5H2,1H3;1,3-6H2,2H3;;;;;;;;;;;;;;;;;;;;;;;;;;;/q2*-2;-1;2*-2;-1;2*-2;-1;27*+1. The molecule has 0 aromatic carbocycles. The fourth-order valence-electron chi connectivity index (χ4n) is 5.74. The van der Waals surface area contributed by atoms with Crippen molar-refractivity contribution in [2.75, 3.05) is 0 Å². The van der Waals surface area contributed by atoms with Gasteiger partial charge in [-0.15, -0.1) is 0 Å². The Bertz CT molecular complexity index is 584. The van der Waals surface area contributed by atoms with Crippen molar-refractivity contribution in [3.05, 3.63) is 57.9 Å². The third-order valence-corrected chi connectivity index (χ3v) is 11.1. The third kappa shape index (κ3) is 348. The van der Waals surface area contributed by atoms with Crippen LogP contribution in [0.4, 0.5) is 0 Å². The first-order chi connectivity index (χ1) is 33.7. The maximum absolute atomic E-state index is 9.84. The first kappa shape index (κ1) is 253. The summed E-state index contributed by atoms with van der Waals surface area (Å²) in [6, 6.07) is 0. The summed E-state index contributed by atoms with van der Waals surface area (Å²) in [4.78, 5) is 0. The molecule has 432 valence electrons. The van der Waals surface area contributed by atoms with Crippen LogP contribution in [-0.2, 0) is 37.9 Å². The van der Waals surface area contributed by atoms with Gasteiger partial charge in [-0.3, -0.25) is 0 Å². The van der Waals surface area contributed by atoms with Crippen LogP contribution in [0.1, 0.15) is 351 Å². The third-order valence-electron chi connectivity index (χ3n) is 10.4. The van der Waals surface area contributed by atoms with Crippen molar-refractivity contribution in [3.8, 4) is 0 Å². The molecule has 0 aromatic heterocycles. The summed E-state index contributed by atoms with van der Waals surface area (Å²) in [6.07, 6.45) is 55.6. The smallest absolute Gasteiger partial charge is 1.00 e. The van der Waals surface area contributed by atoms with Crippen LogP contribution >= 0.6 is 0 Å². The van der Waals surface area contributed by atoms with Gasteiger partial charge in [0.25, 0.3) is 0 Å². The molecule has 0 N–H and O–H groups in total. The van der Waals surface area contributed by atoms with Crippen molar-refractivity contribution >= 4 is 37.9 Å². The van der Waals surface area contributed by atoms with Gasteiger partial charge in [0.05, 0.1) is 0 Å². The van der Waals surface area contributed by atoms with E-state index in [-0.39, 0.29) is 1570 Å². The van der Waals surface area contributed by atoms with Gasteiger partial charge in [-0.25, -0.2) is 38.5 Å². The molecule has 0 saturated heterocycles. The zero-order chi connectivity index (χ0) is 54.1. The molecule has 33 heteroatoms. The van der Waals surface area contributed by atoms with Crippen molar-refractivity contribution in [2.45, 2.75) is 351 Å². The second kappa shape index (κ2) is 295. The minimum absolute atomic E-state index is 0. The van der Waals surface area contributed by atoms with Gasteiger partial charge in [0.15, 0.2) is 0 Å². The Morgan fingerprint density at radius 1 is 0.177 bits per heavy atom. The van der Waals surface area contributed by atoms with Crippen LogP contribution in [0.25, 0.3) is 0 Å². The largest absolute Gasteiger partial charge is 1.03 e. The molecule has 0 atom stereocenters. The first-order valence-corrected chi connectivity index (χ1v) is 31.1. The molecule has 0 aromatic rings. The van der Waals surface area contributed by atoms with Gasteiger partial charge in [-0.1, -0.05) is 293 Å². The molecule has 0 radical (unpaired) electrons. The zero-order valence-corrected chi connectivity index (χ0v) is 211. The second-order valence-electron chi connectivity index (χ2n) is 17.8. The average Bonchev–Trinajstić information content (AvgIpc) is 3.37. The molecular formula is C63H129O3Rb27S3+12. The van der Waals surface area contributed by atoms with E-state index in [1.807, 2.05) is 17.3 Å². The van der Waals surface area contributed by atoms with Crippen LogP contribution < -0.4 is 1590 Å². The van der Waals surface area contributed by atoms with E-state index in [2.05, 4.69) is 108 Å². The van der Waals surface area contributed by atoms with Gasteiger partial charge in [0, 0.05) is 0 Å². The Morgan fingerprint density at radius 3 is 0.438 bits per heavy atom. The SMILES string of the molecule is CCCCCCC[CH-][O-].CCCCCCC[CH-][S-].CCCCCC[CH-][O-].CCCCCC[CH-][S-].CCCCC[CH-][O-].CCCCC[CH-][S-].[CH2-]CCCCC.[CH2-]CCCCCC.[CH2-]CCCCCCC.[Rb+].[Rb+].[Rb+].[Rb+].[Rb+].[Rb+].[Rb+].[Rb+].[Rb+].[Rb+].[Rb+].[Rb+].[Rb+].[Rb+].[Rb+].[Rb+].[Rb+].[Rb+].[Rb+].[Rb+].[Rb+].[Rb+].[Rb+].[Rb+].[Rb+].[Rb+].[Rb+]. The molecule has 0 aliphatic heterocycles. The van der Waals surface area contributed by atoms with E-state index in [1.54, 1.807) is 0 Å². The van der Waals surface area contributed by atoms with Crippen LogP contribution in [0.3, 0.4) is 0 Å². The molecule has 0 saturated carbocycles. The van der Waals surface area contributed by atoms with Crippen LogP contribution in [0.2, 0.25) is 0 Å². The molecule has 0 aliphatic carbocycles. The van der Waals surface area contributed by atoms with Gasteiger partial charge in [0.2, 0.25) is 0 Å². The summed E-state index contributed by atoms with van der Waals surface area (Å²) in [5.41, 5.74) is 0. The fraction of sp³-hybridized carbons (Fsp3) is 0.857. The first-order valence-electron chi connectivity index (χ1n) is 29.7. The van der Waals surface area contributed by atoms with E-state index in [0.717, 1.165) is 96.9 Å². The molecule has 0 fully saturated rings. The molecule has 96 heavy (non-hydrogen) atoms. The van der Waals surface area contributed by atoms with Crippen molar-refractivity contribution in [3.63, 3.8) is 0 Å². The summed E-state index contributed by atoms with van der Waals surface area (Å²) in [5, 5.41) is 29.3. The van der Waals surface area contributed by atoms with Gasteiger partial charge in [0.1, 0.15) is 0 Å². The molecule has 0 bridgehead atoms. The van der Waals surface area contributed by atoms with Crippen molar-refractivity contribution < 1.29 is 1590 Å². The summed E-state index contributed by atoms with van der Waals surface area (Å²) in [7, 11) is 0. The molecule has 0 unspecified atom stereocenters. The van der Waals surface area contributed by atoms with E-state index < -0.39 is 0 Å². The van der Waals surface area contributed by atoms with Crippen LogP contribution in [0, 0.1) is 57.9 Å². The Hall–Kier alpha value is 49.7. The van der Waals surface area contributed by atoms with E-state index >= 15 is 0 Å². The summed E-state index contributed by atoms with van der Waals surface area (Å²) in [6.45, 7) is 34.1. The molecule has 0 aliphatic rings. The fourth-order valence-corrected chi connectivity index (χ4v) is 6.24. The molecule has 0 amide bonds. The zero-order valence-electron chi connectivity index (χ0n) is 75.9. The van der Waals surface area contributed by atoms with Crippen LogP contribution in [0.15, 0.2) is 0 Å². The summed E-state index contributed by atoms with van der Waals surface area (Å²) >= 11 is 14.0. The topological polar surface area (TPSA) is 69.2 Å². The van der Waals surface area contributed by atoms with E-state index in [4.69, 9.17) is 12.6 Å². The van der Waals surface area contributed by atoms with Crippen molar-refractivity contribution in [2.24, 2.45) is 0 Å². The molecule has 0 heterocycles. The Morgan fingerprint density at radius 2 is 0.281 bits per heavy atom. The number of hydrogen-bond donors (Lipinski definition) is 0. The minimum atomic E-state index is 0. The van der Waals surface area contributed by atoms with Gasteiger partial charge in [-0.05, 0) is 0 Å². The number of rotatable bonds is 42. The molecule has 0 spiro atoms.